The summed E-state index contributed by atoms with van der Waals surface area (Å²) < 4.78 is 24.7. The Hall–Kier alpha value is -0.320. The largest absolute Gasteiger partial charge is 0.393 e. The molecule has 0 radical (unpaired) electrons. The molecule has 0 aromatic heterocycles. The smallest absolute Gasteiger partial charge is 0.186 e. The Morgan fingerprint density at radius 2 is 1.63 bits per heavy atom. The van der Waals surface area contributed by atoms with Crippen LogP contribution in [-0.4, -0.2) is 82.8 Å². The predicted molar refractivity (Wildman–Crippen MR) is 150 cm³/mol. The summed E-state index contributed by atoms with van der Waals surface area (Å²) in [6, 6.07) is 0. The molecule has 2 spiro atoms. The number of aliphatic hydroxyl groups is 4. The topological polar surface area (TPSA) is 118 Å². The molecule has 234 valence electrons. The van der Waals surface area contributed by atoms with Crippen LogP contribution >= 0.6 is 0 Å². The van der Waals surface area contributed by atoms with Gasteiger partial charge in [0.2, 0.25) is 0 Å². The number of aliphatic hydroxyl groups excluding tert-OH is 4. The molecule has 0 bridgehead atoms. The molecule has 41 heavy (non-hydrogen) atoms. The molecule has 8 heteroatoms. The van der Waals surface area contributed by atoms with E-state index in [4.69, 9.17) is 18.9 Å². The molecule has 0 unspecified atom stereocenters. The van der Waals surface area contributed by atoms with E-state index in [0.29, 0.717) is 24.4 Å². The zero-order chi connectivity index (χ0) is 29.3. The van der Waals surface area contributed by atoms with Gasteiger partial charge in [-0.3, -0.25) is 0 Å². The average Bonchev–Trinajstić information content (AvgIpc) is 3.47. The highest BCUT2D eigenvalue weighted by Gasteiger charge is 2.84. The Morgan fingerprint density at radius 1 is 0.878 bits per heavy atom. The van der Waals surface area contributed by atoms with E-state index in [1.165, 1.54) is 19.3 Å². The summed E-state index contributed by atoms with van der Waals surface area (Å²) in [5.41, 5.74) is 0.337. The first-order chi connectivity index (χ1) is 19.3. The van der Waals surface area contributed by atoms with E-state index in [-0.39, 0.29) is 58.1 Å². The van der Waals surface area contributed by atoms with Crippen molar-refractivity contribution in [3.8, 4) is 0 Å². The second-order valence-corrected chi connectivity index (χ2v) is 16.4. The van der Waals surface area contributed by atoms with E-state index in [0.717, 1.165) is 32.1 Å². The lowest BCUT2D eigenvalue weighted by Gasteiger charge is -2.64. The monoisotopic (exact) mass is 578 g/mol. The first-order valence-electron chi connectivity index (χ1n) is 16.5. The fourth-order valence-electron chi connectivity index (χ4n) is 12.9. The van der Waals surface area contributed by atoms with Gasteiger partial charge in [0.1, 0.15) is 18.3 Å². The molecule has 2 heterocycles. The van der Waals surface area contributed by atoms with Gasteiger partial charge < -0.3 is 39.4 Å². The van der Waals surface area contributed by atoms with Crippen LogP contribution in [-0.2, 0) is 18.9 Å². The first kappa shape index (κ1) is 29.4. The van der Waals surface area contributed by atoms with Gasteiger partial charge in [0.25, 0.3) is 0 Å². The summed E-state index contributed by atoms with van der Waals surface area (Å²) in [6.07, 6.45) is 3.14. The average molecular weight is 579 g/mol. The lowest BCUT2D eigenvalue weighted by atomic mass is 9.41. The molecule has 2 saturated heterocycles. The fourth-order valence-corrected chi connectivity index (χ4v) is 12.9. The highest BCUT2D eigenvalue weighted by molar-refractivity contribution is 5.32. The lowest BCUT2D eigenvalue weighted by Crippen LogP contribution is -2.63. The molecule has 2 aliphatic heterocycles. The van der Waals surface area contributed by atoms with E-state index >= 15 is 0 Å². The Bertz CT molecular complexity index is 1040. The standard InChI is InChI=1S/C33H54O8/c1-7-38-23-12-17(2)24-20(40-23)14-31(6)21-13-18(34)27-29(3,4)22(41-28-26(37)25(36)19(35)15-39-28)8-9-33(27)16-32(21,33)11-10-30(24,31)5/h17-28,34-37H,7-16H2,1-6H3/t17-,18+,19-,20+,21+,22+,23-,24+,25+,26-,27+,28+,30-,31+,32+,33-/m1/s1. The quantitative estimate of drug-likeness (QED) is 0.374. The third kappa shape index (κ3) is 3.68. The minimum absolute atomic E-state index is 0.0657. The van der Waals surface area contributed by atoms with Crippen molar-refractivity contribution >= 4 is 0 Å². The van der Waals surface area contributed by atoms with Gasteiger partial charge in [-0.15, -0.1) is 0 Å². The molecule has 5 saturated carbocycles. The first-order valence-corrected chi connectivity index (χ1v) is 16.5. The predicted octanol–water partition coefficient (Wildman–Crippen LogP) is 3.62. The molecule has 4 N–H and O–H groups in total. The maximum atomic E-state index is 12.1. The summed E-state index contributed by atoms with van der Waals surface area (Å²) >= 11 is 0. The van der Waals surface area contributed by atoms with Gasteiger partial charge in [0, 0.05) is 13.0 Å². The second-order valence-electron chi connectivity index (χ2n) is 16.4. The molecule has 0 aromatic rings. The van der Waals surface area contributed by atoms with Gasteiger partial charge in [-0.1, -0.05) is 34.6 Å². The Balaban J connectivity index is 1.15. The van der Waals surface area contributed by atoms with Crippen molar-refractivity contribution in [2.45, 2.75) is 142 Å². The maximum absolute atomic E-state index is 12.1. The molecule has 5 aliphatic carbocycles. The zero-order valence-corrected chi connectivity index (χ0v) is 25.9. The van der Waals surface area contributed by atoms with Crippen molar-refractivity contribution in [3.63, 3.8) is 0 Å². The molecule has 8 nitrogen and oxygen atoms in total. The van der Waals surface area contributed by atoms with Crippen molar-refractivity contribution in [2.75, 3.05) is 13.2 Å². The van der Waals surface area contributed by atoms with E-state index in [2.05, 4.69) is 34.6 Å². The third-order valence-corrected chi connectivity index (χ3v) is 14.6. The van der Waals surface area contributed by atoms with Crippen LogP contribution in [0.1, 0.15) is 92.9 Å². The van der Waals surface area contributed by atoms with Crippen LogP contribution in [0.15, 0.2) is 0 Å². The van der Waals surface area contributed by atoms with Crippen LogP contribution in [0.5, 0.6) is 0 Å². The molecule has 7 fully saturated rings. The lowest BCUT2D eigenvalue weighted by molar-refractivity contribution is -0.306. The highest BCUT2D eigenvalue weighted by atomic mass is 16.7. The van der Waals surface area contributed by atoms with Gasteiger partial charge in [-0.05, 0) is 103 Å². The number of hydrogen-bond donors (Lipinski definition) is 4. The second kappa shape index (κ2) is 9.35. The van der Waals surface area contributed by atoms with Gasteiger partial charge in [0.15, 0.2) is 12.6 Å². The molecule has 7 aliphatic rings. The SMILES string of the molecule is CCO[C@H]1C[C@@H](C)[C@H]2[C@H](C[C@@]3(C)[C@@H]4C[C@H](O)[C@H]5C(C)(C)[C@@H](O[C@@H]6OC[C@@H](O)[C@H](O)[C@H]6O)CC[C@@]56C[C@@]46CC[C@]23C)O1. The van der Waals surface area contributed by atoms with Crippen LogP contribution in [0.25, 0.3) is 0 Å². The fraction of sp³-hybridized carbons (Fsp3) is 1.00. The zero-order valence-electron chi connectivity index (χ0n) is 25.9. The van der Waals surface area contributed by atoms with Crippen LogP contribution in [0.3, 0.4) is 0 Å². The molecular formula is C33H54O8. The Labute approximate surface area is 245 Å². The summed E-state index contributed by atoms with van der Waals surface area (Å²) in [5.74, 6) is 1.67. The number of rotatable bonds is 4. The molecule has 0 aromatic carbocycles. The summed E-state index contributed by atoms with van der Waals surface area (Å²) in [4.78, 5) is 0. The number of hydrogen-bond acceptors (Lipinski definition) is 8. The molecule has 7 rings (SSSR count). The van der Waals surface area contributed by atoms with Crippen molar-refractivity contribution in [1.82, 2.24) is 0 Å². The third-order valence-electron chi connectivity index (χ3n) is 14.6. The van der Waals surface area contributed by atoms with E-state index in [9.17, 15) is 20.4 Å². The normalized spacial score (nSPS) is 60.7. The highest BCUT2D eigenvalue weighted by Crippen LogP contribution is 2.89. The number of fused-ring (bicyclic) bond motifs is 4. The van der Waals surface area contributed by atoms with E-state index in [1.54, 1.807) is 0 Å². The van der Waals surface area contributed by atoms with Gasteiger partial charge >= 0.3 is 0 Å². The summed E-state index contributed by atoms with van der Waals surface area (Å²) in [7, 11) is 0. The number of ether oxygens (including phenoxy) is 4. The summed E-state index contributed by atoms with van der Waals surface area (Å²) in [6.45, 7) is 14.6. The Kier molecular flexibility index (Phi) is 6.70. The van der Waals surface area contributed by atoms with Crippen LogP contribution in [0.2, 0.25) is 0 Å². The minimum Gasteiger partial charge on any atom is -0.393 e. The van der Waals surface area contributed by atoms with Crippen molar-refractivity contribution < 1.29 is 39.4 Å². The maximum Gasteiger partial charge on any atom is 0.186 e. The molecular weight excluding hydrogens is 524 g/mol. The van der Waals surface area contributed by atoms with Crippen LogP contribution in [0, 0.1) is 50.7 Å². The van der Waals surface area contributed by atoms with Gasteiger partial charge in [0.05, 0.1) is 24.9 Å². The molecule has 0 amide bonds. The summed E-state index contributed by atoms with van der Waals surface area (Å²) in [5, 5.41) is 42.8. The Morgan fingerprint density at radius 3 is 2.37 bits per heavy atom. The van der Waals surface area contributed by atoms with E-state index in [1.807, 2.05) is 6.92 Å². The van der Waals surface area contributed by atoms with Crippen molar-refractivity contribution in [1.29, 1.82) is 0 Å². The van der Waals surface area contributed by atoms with Gasteiger partial charge in [-0.2, -0.15) is 0 Å². The van der Waals surface area contributed by atoms with E-state index < -0.39 is 30.7 Å². The van der Waals surface area contributed by atoms with Crippen molar-refractivity contribution in [3.05, 3.63) is 0 Å². The van der Waals surface area contributed by atoms with Crippen molar-refractivity contribution in [2.24, 2.45) is 50.7 Å². The molecule has 16 atom stereocenters. The van der Waals surface area contributed by atoms with Gasteiger partial charge in [-0.25, -0.2) is 0 Å². The van der Waals surface area contributed by atoms with Crippen LogP contribution in [0.4, 0.5) is 0 Å². The van der Waals surface area contributed by atoms with Crippen LogP contribution < -0.4 is 0 Å². The minimum atomic E-state index is -1.30.